The van der Waals surface area contributed by atoms with E-state index in [-0.39, 0.29) is 5.91 Å². The Kier molecular flexibility index (Phi) is 3.92. The third-order valence-corrected chi connectivity index (χ3v) is 4.68. The monoisotopic (exact) mass is 339 g/mol. The van der Waals surface area contributed by atoms with Crippen molar-refractivity contribution in [3.05, 3.63) is 54.9 Å². The summed E-state index contributed by atoms with van der Waals surface area (Å²) in [5.41, 5.74) is 1.49. The number of anilines is 1. The number of hydrogen-bond donors (Lipinski definition) is 1. The summed E-state index contributed by atoms with van der Waals surface area (Å²) >= 11 is 1.62. The van der Waals surface area contributed by atoms with Gasteiger partial charge in [0, 0.05) is 21.9 Å². The maximum absolute atomic E-state index is 12.4. The Morgan fingerprint density at radius 1 is 1.17 bits per heavy atom. The zero-order chi connectivity index (χ0) is 16.4. The molecule has 0 radical (unpaired) electrons. The van der Waals surface area contributed by atoms with Crippen molar-refractivity contribution in [2.75, 3.05) is 11.1 Å². The van der Waals surface area contributed by atoms with E-state index in [9.17, 15) is 4.79 Å². The number of thioether (sulfide) groups is 1. The third kappa shape index (κ3) is 2.98. The topological polar surface area (TPSA) is 77.3 Å². The van der Waals surface area contributed by atoms with E-state index in [2.05, 4.69) is 15.5 Å². The van der Waals surface area contributed by atoms with Crippen LogP contribution in [0.3, 0.4) is 0 Å². The molecular formula is C17H13N3O3S. The average molecular weight is 339 g/mol. The summed E-state index contributed by atoms with van der Waals surface area (Å²) in [6, 6.07) is 14.9. The Morgan fingerprint density at radius 2 is 2.00 bits per heavy atom. The predicted octanol–water partition coefficient (Wildman–Crippen LogP) is 3.23. The number of nitrogens with zero attached hydrogens (tertiary/aromatic N) is 2. The Bertz CT molecular complexity index is 850. The molecule has 24 heavy (non-hydrogen) atoms. The summed E-state index contributed by atoms with van der Waals surface area (Å²) in [6.07, 6.45) is 0.765. The number of carbonyl (C=O) groups is 1. The second-order valence-electron chi connectivity index (χ2n) is 5.17. The van der Waals surface area contributed by atoms with Crippen molar-refractivity contribution in [2.45, 2.75) is 11.0 Å². The van der Waals surface area contributed by atoms with Crippen LogP contribution in [0, 0.1) is 0 Å². The van der Waals surface area contributed by atoms with Crippen LogP contribution >= 0.6 is 11.8 Å². The van der Waals surface area contributed by atoms with Crippen molar-refractivity contribution in [1.82, 2.24) is 10.2 Å². The van der Waals surface area contributed by atoms with E-state index >= 15 is 0 Å². The molecule has 0 fully saturated rings. The Hall–Kier alpha value is -2.80. The van der Waals surface area contributed by atoms with Crippen molar-refractivity contribution in [3.63, 3.8) is 0 Å². The number of para-hydroxylation sites is 1. The molecule has 120 valence electrons. The fourth-order valence-corrected chi connectivity index (χ4v) is 3.35. The fourth-order valence-electron chi connectivity index (χ4n) is 2.37. The second kappa shape index (κ2) is 6.37. The molecule has 1 amide bonds. The van der Waals surface area contributed by atoms with Gasteiger partial charge in [0.15, 0.2) is 6.10 Å². The van der Waals surface area contributed by atoms with Gasteiger partial charge in [-0.25, -0.2) is 0 Å². The highest BCUT2D eigenvalue weighted by atomic mass is 32.2. The van der Waals surface area contributed by atoms with E-state index in [1.54, 1.807) is 23.9 Å². The first-order chi connectivity index (χ1) is 11.8. The zero-order valence-electron chi connectivity index (χ0n) is 12.5. The van der Waals surface area contributed by atoms with Crippen LogP contribution in [0.15, 0.2) is 64.2 Å². The highest BCUT2D eigenvalue weighted by Crippen LogP contribution is 2.35. The fraction of sp³-hybridized carbons (Fsp3) is 0.118. The molecule has 1 aromatic heterocycles. The zero-order valence-corrected chi connectivity index (χ0v) is 13.3. The van der Waals surface area contributed by atoms with E-state index in [1.807, 2.05) is 36.4 Å². The van der Waals surface area contributed by atoms with E-state index in [0.29, 0.717) is 17.3 Å². The van der Waals surface area contributed by atoms with Gasteiger partial charge in [-0.1, -0.05) is 12.1 Å². The van der Waals surface area contributed by atoms with Crippen LogP contribution in [0.4, 0.5) is 5.69 Å². The van der Waals surface area contributed by atoms with Gasteiger partial charge in [-0.2, -0.15) is 0 Å². The number of benzene rings is 2. The number of rotatable bonds is 3. The molecule has 4 rings (SSSR count). The standard InChI is InChI=1S/C17H13N3O3S/c21-16(14-9-24-15-4-2-1-3-13(15)23-14)19-12-7-5-11(6-8-12)17-20-18-10-22-17/h1-8,10,14H,9H2,(H,19,21). The van der Waals surface area contributed by atoms with Gasteiger partial charge in [0.2, 0.25) is 12.3 Å². The maximum Gasteiger partial charge on any atom is 0.266 e. The van der Waals surface area contributed by atoms with Crippen molar-refractivity contribution in [3.8, 4) is 17.2 Å². The Balaban J connectivity index is 1.43. The van der Waals surface area contributed by atoms with Gasteiger partial charge in [0.05, 0.1) is 0 Å². The Morgan fingerprint density at radius 3 is 2.79 bits per heavy atom. The largest absolute Gasteiger partial charge is 0.479 e. The minimum absolute atomic E-state index is 0.164. The molecule has 0 aliphatic carbocycles. The smallest absolute Gasteiger partial charge is 0.266 e. The van der Waals surface area contributed by atoms with Gasteiger partial charge in [-0.15, -0.1) is 22.0 Å². The molecule has 2 aromatic carbocycles. The van der Waals surface area contributed by atoms with Crippen LogP contribution < -0.4 is 10.1 Å². The van der Waals surface area contributed by atoms with Gasteiger partial charge in [-0.05, 0) is 36.4 Å². The lowest BCUT2D eigenvalue weighted by molar-refractivity contribution is -0.122. The quantitative estimate of drug-likeness (QED) is 0.789. The molecular weight excluding hydrogens is 326 g/mol. The molecule has 1 aliphatic heterocycles. The summed E-state index contributed by atoms with van der Waals surface area (Å²) in [7, 11) is 0. The molecule has 0 saturated heterocycles. The molecule has 1 unspecified atom stereocenters. The number of nitrogens with one attached hydrogen (secondary N) is 1. The minimum atomic E-state index is -0.513. The van der Waals surface area contributed by atoms with Gasteiger partial charge in [0.1, 0.15) is 5.75 Å². The predicted molar refractivity (Wildman–Crippen MR) is 89.9 cm³/mol. The van der Waals surface area contributed by atoms with Crippen LogP contribution in [0.1, 0.15) is 0 Å². The lowest BCUT2D eigenvalue weighted by atomic mass is 10.2. The molecule has 0 bridgehead atoms. The van der Waals surface area contributed by atoms with Gasteiger partial charge in [0.25, 0.3) is 5.91 Å². The number of carbonyl (C=O) groups excluding carboxylic acids is 1. The summed E-state index contributed by atoms with van der Waals surface area (Å²) in [5.74, 6) is 1.61. The number of amides is 1. The molecule has 1 N–H and O–H groups in total. The maximum atomic E-state index is 12.4. The van der Waals surface area contributed by atoms with E-state index in [4.69, 9.17) is 9.15 Å². The molecule has 6 nitrogen and oxygen atoms in total. The van der Waals surface area contributed by atoms with E-state index in [0.717, 1.165) is 16.2 Å². The Labute approximate surface area is 142 Å². The van der Waals surface area contributed by atoms with Crippen LogP contribution in [0.2, 0.25) is 0 Å². The third-order valence-electron chi connectivity index (χ3n) is 3.56. The van der Waals surface area contributed by atoms with Crippen LogP contribution in [-0.2, 0) is 4.79 Å². The molecule has 7 heteroatoms. The van der Waals surface area contributed by atoms with Gasteiger partial charge < -0.3 is 14.5 Å². The van der Waals surface area contributed by atoms with Crippen LogP contribution in [0.5, 0.6) is 5.75 Å². The van der Waals surface area contributed by atoms with E-state index < -0.39 is 6.10 Å². The summed E-state index contributed by atoms with van der Waals surface area (Å²) in [4.78, 5) is 13.5. The van der Waals surface area contributed by atoms with Gasteiger partial charge >= 0.3 is 0 Å². The normalized spacial score (nSPS) is 16.1. The summed E-state index contributed by atoms with van der Waals surface area (Å²) in [5, 5.41) is 10.4. The SMILES string of the molecule is O=C(Nc1ccc(-c2nnco2)cc1)C1CSc2ccccc2O1. The number of ether oxygens (including phenoxy) is 1. The molecule has 1 aliphatic rings. The summed E-state index contributed by atoms with van der Waals surface area (Å²) in [6.45, 7) is 0. The first-order valence-corrected chi connectivity index (χ1v) is 8.34. The van der Waals surface area contributed by atoms with Crippen molar-refractivity contribution >= 4 is 23.4 Å². The van der Waals surface area contributed by atoms with Crippen LogP contribution in [-0.4, -0.2) is 28.0 Å². The van der Waals surface area contributed by atoms with E-state index in [1.165, 1.54) is 6.39 Å². The number of fused-ring (bicyclic) bond motifs is 1. The average Bonchev–Trinajstić information content (AvgIpc) is 3.16. The van der Waals surface area contributed by atoms with Crippen LogP contribution in [0.25, 0.3) is 11.5 Å². The second-order valence-corrected chi connectivity index (χ2v) is 6.24. The number of aromatic nitrogens is 2. The highest BCUT2D eigenvalue weighted by molar-refractivity contribution is 7.99. The van der Waals surface area contributed by atoms with Crippen molar-refractivity contribution < 1.29 is 13.9 Å². The summed E-state index contributed by atoms with van der Waals surface area (Å²) < 4.78 is 10.9. The molecule has 3 aromatic rings. The number of hydrogen-bond acceptors (Lipinski definition) is 6. The molecule has 1 atom stereocenters. The minimum Gasteiger partial charge on any atom is -0.479 e. The molecule has 0 spiro atoms. The lowest BCUT2D eigenvalue weighted by Crippen LogP contribution is -2.36. The van der Waals surface area contributed by atoms with Gasteiger partial charge in [-0.3, -0.25) is 4.79 Å². The first-order valence-electron chi connectivity index (χ1n) is 7.35. The molecule has 0 saturated carbocycles. The van der Waals surface area contributed by atoms with Crippen molar-refractivity contribution in [1.29, 1.82) is 0 Å². The first kappa shape index (κ1) is 14.8. The molecule has 2 heterocycles. The lowest BCUT2D eigenvalue weighted by Gasteiger charge is -2.24. The highest BCUT2D eigenvalue weighted by Gasteiger charge is 2.26. The van der Waals surface area contributed by atoms with Crippen molar-refractivity contribution in [2.24, 2.45) is 0 Å².